The van der Waals surface area contributed by atoms with Crippen LogP contribution >= 0.6 is 0 Å². The summed E-state index contributed by atoms with van der Waals surface area (Å²) in [5.41, 5.74) is 1.80. The zero-order valence-corrected chi connectivity index (χ0v) is 20.5. The zero-order chi connectivity index (χ0) is 23.8. The molecule has 1 N–H and O–H groups in total. The van der Waals surface area contributed by atoms with Gasteiger partial charge in [0.2, 0.25) is 0 Å². The van der Waals surface area contributed by atoms with Gasteiger partial charge in [-0.25, -0.2) is 4.79 Å². The van der Waals surface area contributed by atoms with Crippen LogP contribution in [0.5, 0.6) is 11.5 Å². The Labute approximate surface area is 197 Å². The van der Waals surface area contributed by atoms with E-state index in [9.17, 15) is 4.79 Å². The summed E-state index contributed by atoms with van der Waals surface area (Å²) < 4.78 is 16.5. The molecular formula is C26H37N3O4. The van der Waals surface area contributed by atoms with E-state index >= 15 is 0 Å². The summed E-state index contributed by atoms with van der Waals surface area (Å²) in [6, 6.07) is 16.2. The largest absolute Gasteiger partial charge is 0.497 e. The lowest BCUT2D eigenvalue weighted by Gasteiger charge is -2.42. The normalized spacial score (nSPS) is 17.0. The van der Waals surface area contributed by atoms with Crippen molar-refractivity contribution in [3.8, 4) is 11.5 Å². The molecule has 2 aromatic rings. The highest BCUT2D eigenvalue weighted by Gasteiger charge is 2.33. The Morgan fingerprint density at radius 3 is 2.48 bits per heavy atom. The van der Waals surface area contributed by atoms with Crippen LogP contribution in [0.3, 0.4) is 0 Å². The van der Waals surface area contributed by atoms with Crippen LogP contribution in [-0.2, 0) is 17.8 Å². The van der Waals surface area contributed by atoms with Crippen LogP contribution in [0.1, 0.15) is 31.9 Å². The summed E-state index contributed by atoms with van der Waals surface area (Å²) in [6.07, 6.45) is -0.254. The van der Waals surface area contributed by atoms with Crippen LogP contribution < -0.4 is 14.8 Å². The smallest absolute Gasteiger partial charge is 0.410 e. The minimum absolute atomic E-state index is 0.00144. The lowest BCUT2D eigenvalue weighted by molar-refractivity contribution is -0.00230. The molecule has 7 heteroatoms. The first-order valence-corrected chi connectivity index (χ1v) is 11.5. The fourth-order valence-electron chi connectivity index (χ4n) is 4.01. The predicted octanol–water partition coefficient (Wildman–Crippen LogP) is 3.91. The Bertz CT molecular complexity index is 898. The maximum atomic E-state index is 12.9. The van der Waals surface area contributed by atoms with E-state index < -0.39 is 5.60 Å². The Morgan fingerprint density at radius 2 is 1.82 bits per heavy atom. The number of carbonyl (C=O) groups excluding carboxylic acids is 1. The van der Waals surface area contributed by atoms with Gasteiger partial charge in [-0.05, 0) is 32.4 Å². The molecule has 1 atom stereocenters. The predicted molar refractivity (Wildman–Crippen MR) is 130 cm³/mol. The van der Waals surface area contributed by atoms with Crippen LogP contribution in [0, 0.1) is 0 Å². The molecule has 0 spiro atoms. The Hall–Kier alpha value is -2.77. The van der Waals surface area contributed by atoms with E-state index in [4.69, 9.17) is 14.2 Å². The van der Waals surface area contributed by atoms with Crippen molar-refractivity contribution in [3.63, 3.8) is 0 Å². The van der Waals surface area contributed by atoms with Gasteiger partial charge >= 0.3 is 6.09 Å². The van der Waals surface area contributed by atoms with Gasteiger partial charge in [-0.2, -0.15) is 0 Å². The molecule has 0 aromatic heterocycles. The first-order chi connectivity index (χ1) is 15.8. The number of nitrogens with one attached hydrogen (secondary N) is 1. The number of ether oxygens (including phenoxy) is 3. The second-order valence-corrected chi connectivity index (χ2v) is 9.36. The Morgan fingerprint density at radius 1 is 1.06 bits per heavy atom. The average molecular weight is 456 g/mol. The molecule has 0 aliphatic carbocycles. The summed E-state index contributed by atoms with van der Waals surface area (Å²) in [6.45, 7) is 10.1. The van der Waals surface area contributed by atoms with Crippen molar-refractivity contribution in [2.75, 3.05) is 40.4 Å². The molecule has 0 bridgehead atoms. The molecule has 1 heterocycles. The zero-order valence-electron chi connectivity index (χ0n) is 20.5. The highest BCUT2D eigenvalue weighted by Crippen LogP contribution is 2.24. The number of rotatable bonds is 8. The van der Waals surface area contributed by atoms with Crippen molar-refractivity contribution in [2.24, 2.45) is 0 Å². The summed E-state index contributed by atoms with van der Waals surface area (Å²) in [4.78, 5) is 17.2. The van der Waals surface area contributed by atoms with Gasteiger partial charge in [0, 0.05) is 50.9 Å². The van der Waals surface area contributed by atoms with E-state index in [1.807, 2.05) is 49.9 Å². The van der Waals surface area contributed by atoms with Crippen molar-refractivity contribution in [2.45, 2.75) is 45.5 Å². The van der Waals surface area contributed by atoms with Gasteiger partial charge < -0.3 is 24.4 Å². The third-order valence-electron chi connectivity index (χ3n) is 5.63. The van der Waals surface area contributed by atoms with E-state index in [1.54, 1.807) is 14.2 Å². The monoisotopic (exact) mass is 455 g/mol. The van der Waals surface area contributed by atoms with Gasteiger partial charge in [-0.15, -0.1) is 0 Å². The fraction of sp³-hybridized carbons (Fsp3) is 0.500. The van der Waals surface area contributed by atoms with Crippen molar-refractivity contribution in [1.82, 2.24) is 15.1 Å². The van der Waals surface area contributed by atoms with E-state index in [2.05, 4.69) is 34.5 Å². The second kappa shape index (κ2) is 11.4. The molecule has 1 aliphatic heterocycles. The van der Waals surface area contributed by atoms with Crippen LogP contribution in [0.2, 0.25) is 0 Å². The minimum atomic E-state index is -0.521. The quantitative estimate of drug-likeness (QED) is 0.651. The van der Waals surface area contributed by atoms with Crippen LogP contribution in [0.15, 0.2) is 48.5 Å². The maximum absolute atomic E-state index is 12.9. The van der Waals surface area contributed by atoms with Crippen LogP contribution in [0.25, 0.3) is 0 Å². The van der Waals surface area contributed by atoms with Gasteiger partial charge in [0.1, 0.15) is 17.1 Å². The van der Waals surface area contributed by atoms with E-state index in [0.717, 1.165) is 36.7 Å². The van der Waals surface area contributed by atoms with Gasteiger partial charge in [-0.3, -0.25) is 4.90 Å². The maximum Gasteiger partial charge on any atom is 0.410 e. The summed E-state index contributed by atoms with van der Waals surface area (Å²) >= 11 is 0. The highest BCUT2D eigenvalue weighted by atomic mass is 16.6. The van der Waals surface area contributed by atoms with Crippen molar-refractivity contribution >= 4 is 6.09 Å². The molecule has 0 saturated carbocycles. The topological polar surface area (TPSA) is 63.3 Å². The number of carbonyl (C=O) groups is 1. The molecular weight excluding hydrogens is 418 g/mol. The number of methoxy groups -OCH3 is 2. The third kappa shape index (κ3) is 7.37. The molecule has 1 saturated heterocycles. The Kier molecular flexibility index (Phi) is 8.58. The van der Waals surface area contributed by atoms with Crippen LogP contribution in [0.4, 0.5) is 4.79 Å². The van der Waals surface area contributed by atoms with E-state index in [-0.39, 0.29) is 12.1 Å². The molecule has 1 aliphatic rings. The molecule has 0 unspecified atom stereocenters. The average Bonchev–Trinajstić information content (AvgIpc) is 2.79. The van der Waals surface area contributed by atoms with Gasteiger partial charge in [0.25, 0.3) is 0 Å². The first kappa shape index (κ1) is 24.9. The lowest BCUT2D eigenvalue weighted by atomic mass is 10.1. The third-order valence-corrected chi connectivity index (χ3v) is 5.63. The number of hydrogen-bond acceptors (Lipinski definition) is 6. The highest BCUT2D eigenvalue weighted by molar-refractivity contribution is 5.68. The minimum Gasteiger partial charge on any atom is -0.497 e. The van der Waals surface area contributed by atoms with Crippen molar-refractivity contribution < 1.29 is 19.0 Å². The Balaban J connectivity index is 1.66. The van der Waals surface area contributed by atoms with E-state index in [1.165, 1.54) is 5.56 Å². The van der Waals surface area contributed by atoms with Crippen LogP contribution in [-0.4, -0.2) is 67.9 Å². The molecule has 0 radical (unpaired) electrons. The standard InChI is InChI=1S/C26H37N3O4/c1-26(2,3)33-25(30)29-14-13-28(18-20-9-7-6-8-10-20)19-22(29)17-27-16-21-11-12-23(31-4)15-24(21)32-5/h6-12,15,22,27H,13-14,16-19H2,1-5H3/t22-/m1/s1. The SMILES string of the molecule is COc1ccc(CNC[C@@H]2CN(Cc3ccccc3)CCN2C(=O)OC(C)(C)C)c(OC)c1. The summed E-state index contributed by atoms with van der Waals surface area (Å²) in [7, 11) is 3.30. The van der Waals surface area contributed by atoms with Gasteiger partial charge in [0.15, 0.2) is 0 Å². The molecule has 1 fully saturated rings. The number of hydrogen-bond donors (Lipinski definition) is 1. The molecule has 180 valence electrons. The van der Waals surface area contributed by atoms with Gasteiger partial charge in [0.05, 0.1) is 20.3 Å². The summed E-state index contributed by atoms with van der Waals surface area (Å²) in [5, 5.41) is 3.52. The first-order valence-electron chi connectivity index (χ1n) is 11.5. The molecule has 2 aromatic carbocycles. The van der Waals surface area contributed by atoms with Gasteiger partial charge in [-0.1, -0.05) is 36.4 Å². The van der Waals surface area contributed by atoms with Crippen molar-refractivity contribution in [3.05, 3.63) is 59.7 Å². The molecule has 33 heavy (non-hydrogen) atoms. The number of amides is 1. The van der Waals surface area contributed by atoms with Crippen molar-refractivity contribution in [1.29, 1.82) is 0 Å². The lowest BCUT2D eigenvalue weighted by Crippen LogP contribution is -2.58. The second-order valence-electron chi connectivity index (χ2n) is 9.36. The fourth-order valence-corrected chi connectivity index (χ4v) is 4.01. The number of piperazine rings is 1. The molecule has 1 amide bonds. The number of nitrogens with zero attached hydrogens (tertiary/aromatic N) is 2. The summed E-state index contributed by atoms with van der Waals surface area (Å²) in [5.74, 6) is 1.54. The van der Waals surface area contributed by atoms with E-state index in [0.29, 0.717) is 19.6 Å². The number of benzene rings is 2. The molecule has 7 nitrogen and oxygen atoms in total. The molecule has 3 rings (SSSR count).